The first-order valence-electron chi connectivity index (χ1n) is 6.18. The maximum atomic E-state index is 12.0. The Morgan fingerprint density at radius 2 is 1.89 bits per heavy atom. The minimum absolute atomic E-state index is 0.175. The molecule has 0 saturated carbocycles. The number of hydrogen-bond acceptors (Lipinski definition) is 5. The van der Waals surface area contributed by atoms with E-state index in [9.17, 15) is 14.4 Å². The van der Waals surface area contributed by atoms with Gasteiger partial charge in [0, 0.05) is 12.0 Å². The molecule has 5 heteroatoms. The predicted octanol–water partition coefficient (Wildman–Crippen LogP) is 0.709. The average molecular weight is 255 g/mol. The molecule has 1 fully saturated rings. The van der Waals surface area contributed by atoms with Crippen molar-refractivity contribution in [2.24, 2.45) is 11.8 Å². The molecule has 1 N–H and O–H groups in total. The molecule has 0 spiro atoms. The maximum absolute atomic E-state index is 12.0. The summed E-state index contributed by atoms with van der Waals surface area (Å²) < 4.78 is 5.33. The van der Waals surface area contributed by atoms with Gasteiger partial charge in [-0.2, -0.15) is 0 Å². The lowest BCUT2D eigenvalue weighted by Gasteiger charge is -2.36. The zero-order valence-corrected chi connectivity index (χ0v) is 11.3. The molecule has 1 saturated heterocycles. The summed E-state index contributed by atoms with van der Waals surface area (Å²) in [6.45, 7) is 7.23. The van der Waals surface area contributed by atoms with E-state index in [-0.39, 0.29) is 12.0 Å². The van der Waals surface area contributed by atoms with Crippen LogP contribution in [0.2, 0.25) is 0 Å². The molecule has 0 radical (unpaired) electrons. The van der Waals surface area contributed by atoms with Gasteiger partial charge in [-0.3, -0.25) is 4.79 Å². The summed E-state index contributed by atoms with van der Waals surface area (Å²) in [6, 6.07) is -0.678. The highest BCUT2D eigenvalue weighted by Crippen LogP contribution is 2.26. The van der Waals surface area contributed by atoms with Crippen molar-refractivity contribution in [1.82, 2.24) is 5.32 Å². The van der Waals surface area contributed by atoms with Gasteiger partial charge in [-0.15, -0.1) is 0 Å². The molecule has 0 amide bonds. The Morgan fingerprint density at radius 3 is 2.33 bits per heavy atom. The summed E-state index contributed by atoms with van der Waals surface area (Å²) in [7, 11) is 0. The lowest BCUT2D eigenvalue weighted by atomic mass is 9.81. The smallest absolute Gasteiger partial charge is 0.311 e. The third-order valence-corrected chi connectivity index (χ3v) is 3.08. The van der Waals surface area contributed by atoms with Crippen LogP contribution in [0.1, 0.15) is 34.1 Å². The highest BCUT2D eigenvalue weighted by Gasteiger charge is 2.39. The molecule has 0 bridgehead atoms. The largest absolute Gasteiger partial charge is 0.460 e. The Kier molecular flexibility index (Phi) is 4.62. The van der Waals surface area contributed by atoms with Crippen LogP contribution in [-0.4, -0.2) is 36.2 Å². The highest BCUT2D eigenvalue weighted by atomic mass is 16.6. The van der Waals surface area contributed by atoms with Crippen molar-refractivity contribution in [2.75, 3.05) is 0 Å². The molecule has 1 rings (SSSR count). The first-order chi connectivity index (χ1) is 8.28. The highest BCUT2D eigenvalue weighted by molar-refractivity contribution is 5.76. The van der Waals surface area contributed by atoms with Gasteiger partial charge in [0.05, 0.1) is 12.0 Å². The fraction of sp³-hybridized carbons (Fsp3) is 0.769. The second kappa shape index (κ2) is 5.61. The normalized spacial score (nSPS) is 32.7. The lowest BCUT2D eigenvalue weighted by molar-refractivity contribution is -0.163. The zero-order valence-electron chi connectivity index (χ0n) is 11.3. The van der Waals surface area contributed by atoms with Crippen molar-refractivity contribution >= 4 is 18.5 Å². The Bertz CT molecular complexity index is 334. The molecule has 0 aromatic carbocycles. The molecular formula is C13H21NO4. The Labute approximate surface area is 107 Å². The number of rotatable bonds is 3. The lowest BCUT2D eigenvalue weighted by Crippen LogP contribution is -2.55. The summed E-state index contributed by atoms with van der Waals surface area (Å²) in [6.07, 6.45) is 1.81. The van der Waals surface area contributed by atoms with Gasteiger partial charge < -0.3 is 19.6 Å². The standard InChI is InChI=1S/C13H21NO4/c1-8-10(12(17)18-13(2,3)4)5-9(6-15)11(7-16)14-8/h6-11,14H,5H2,1-4H3. The number of carbonyl (C=O) groups excluding carboxylic acids is 3. The van der Waals surface area contributed by atoms with Gasteiger partial charge >= 0.3 is 5.97 Å². The minimum Gasteiger partial charge on any atom is -0.460 e. The van der Waals surface area contributed by atoms with Gasteiger partial charge in [0.25, 0.3) is 0 Å². The van der Waals surface area contributed by atoms with Crippen LogP contribution in [0.5, 0.6) is 0 Å². The summed E-state index contributed by atoms with van der Waals surface area (Å²) in [5.74, 6) is -1.18. The molecule has 4 atom stereocenters. The summed E-state index contributed by atoms with van der Waals surface area (Å²) in [5.41, 5.74) is -0.547. The van der Waals surface area contributed by atoms with E-state index in [0.29, 0.717) is 6.42 Å². The van der Waals surface area contributed by atoms with Crippen molar-refractivity contribution in [3.63, 3.8) is 0 Å². The molecule has 1 heterocycles. The monoisotopic (exact) mass is 255 g/mol. The van der Waals surface area contributed by atoms with Gasteiger partial charge in [-0.05, 0) is 34.1 Å². The molecule has 0 aliphatic carbocycles. The van der Waals surface area contributed by atoms with Crippen LogP contribution in [0, 0.1) is 11.8 Å². The fourth-order valence-corrected chi connectivity index (χ4v) is 2.15. The topological polar surface area (TPSA) is 72.5 Å². The maximum Gasteiger partial charge on any atom is 0.311 e. The predicted molar refractivity (Wildman–Crippen MR) is 66.0 cm³/mol. The number of aldehydes is 2. The molecule has 5 nitrogen and oxygen atoms in total. The van der Waals surface area contributed by atoms with Crippen molar-refractivity contribution in [2.45, 2.75) is 51.8 Å². The fourth-order valence-electron chi connectivity index (χ4n) is 2.15. The van der Waals surface area contributed by atoms with Gasteiger partial charge in [-0.25, -0.2) is 0 Å². The van der Waals surface area contributed by atoms with E-state index in [1.54, 1.807) is 20.8 Å². The average Bonchev–Trinajstić information content (AvgIpc) is 2.26. The van der Waals surface area contributed by atoms with Crippen LogP contribution in [0.25, 0.3) is 0 Å². The molecule has 102 valence electrons. The Hall–Kier alpha value is -1.23. The Balaban J connectivity index is 2.75. The molecule has 1 aliphatic heterocycles. The molecular weight excluding hydrogens is 234 g/mol. The van der Waals surface area contributed by atoms with Gasteiger partial charge in [-0.1, -0.05) is 0 Å². The quantitative estimate of drug-likeness (QED) is 0.594. The van der Waals surface area contributed by atoms with Crippen LogP contribution in [0.15, 0.2) is 0 Å². The van der Waals surface area contributed by atoms with Gasteiger partial charge in [0.1, 0.15) is 18.2 Å². The molecule has 4 unspecified atom stereocenters. The van der Waals surface area contributed by atoms with E-state index in [2.05, 4.69) is 5.32 Å². The van der Waals surface area contributed by atoms with Crippen LogP contribution in [0.4, 0.5) is 0 Å². The van der Waals surface area contributed by atoms with Crippen LogP contribution < -0.4 is 5.32 Å². The van der Waals surface area contributed by atoms with E-state index >= 15 is 0 Å². The first kappa shape index (κ1) is 14.8. The summed E-state index contributed by atoms with van der Waals surface area (Å²) in [4.78, 5) is 33.8. The van der Waals surface area contributed by atoms with Gasteiger partial charge in [0.15, 0.2) is 0 Å². The number of carbonyl (C=O) groups is 3. The zero-order chi connectivity index (χ0) is 13.9. The third-order valence-electron chi connectivity index (χ3n) is 3.08. The van der Waals surface area contributed by atoms with E-state index < -0.39 is 23.5 Å². The molecule has 0 aromatic heterocycles. The first-order valence-corrected chi connectivity index (χ1v) is 6.18. The third kappa shape index (κ3) is 3.63. The number of piperidine rings is 1. The molecule has 18 heavy (non-hydrogen) atoms. The van der Waals surface area contributed by atoms with Crippen molar-refractivity contribution in [1.29, 1.82) is 0 Å². The number of ether oxygens (including phenoxy) is 1. The second-order valence-electron chi connectivity index (χ2n) is 5.79. The van der Waals surface area contributed by atoms with Crippen molar-refractivity contribution < 1.29 is 19.1 Å². The summed E-state index contributed by atoms with van der Waals surface area (Å²) >= 11 is 0. The van der Waals surface area contributed by atoms with Crippen LogP contribution in [0.3, 0.4) is 0 Å². The van der Waals surface area contributed by atoms with Crippen molar-refractivity contribution in [3.05, 3.63) is 0 Å². The Morgan fingerprint density at radius 1 is 1.28 bits per heavy atom. The van der Waals surface area contributed by atoms with E-state index in [0.717, 1.165) is 12.6 Å². The second-order valence-corrected chi connectivity index (χ2v) is 5.79. The minimum atomic E-state index is -0.547. The number of hydrogen-bond donors (Lipinski definition) is 1. The van der Waals surface area contributed by atoms with Crippen molar-refractivity contribution in [3.8, 4) is 0 Å². The van der Waals surface area contributed by atoms with Gasteiger partial charge in [0.2, 0.25) is 0 Å². The van der Waals surface area contributed by atoms with Crippen LogP contribution in [-0.2, 0) is 19.1 Å². The van der Waals surface area contributed by atoms with E-state index in [1.165, 1.54) is 0 Å². The number of esters is 1. The number of nitrogens with one attached hydrogen (secondary N) is 1. The van der Waals surface area contributed by atoms with Crippen LogP contribution >= 0.6 is 0 Å². The van der Waals surface area contributed by atoms with E-state index in [4.69, 9.17) is 4.74 Å². The summed E-state index contributed by atoms with van der Waals surface area (Å²) in [5, 5.41) is 2.98. The SMILES string of the molecule is CC1NC(C=O)C(C=O)CC1C(=O)OC(C)(C)C. The van der Waals surface area contributed by atoms with E-state index in [1.807, 2.05) is 6.92 Å². The molecule has 1 aliphatic rings. The molecule has 0 aromatic rings.